The Balaban J connectivity index is -0.0000000384. The number of allylic oxidation sites excluding steroid dienone is 2. The van der Waals surface area contributed by atoms with Gasteiger partial charge in [-0.25, -0.2) is 0 Å². The molecule has 4 rings (SSSR count). The molecule has 0 spiro atoms. The van der Waals surface area contributed by atoms with Crippen LogP contribution in [0.1, 0.15) is 72.6 Å². The Bertz CT molecular complexity index is 609. The van der Waals surface area contributed by atoms with Gasteiger partial charge < -0.3 is 0 Å². The maximum absolute atomic E-state index is 11.2. The first-order valence-corrected chi connectivity index (χ1v) is 11.0. The van der Waals surface area contributed by atoms with Gasteiger partial charge in [0.1, 0.15) is 0 Å². The molecule has 1 N–H and O–H groups in total. The molecule has 4 aliphatic rings. The zero-order chi connectivity index (χ0) is 16.6. The van der Waals surface area contributed by atoms with Crippen molar-refractivity contribution in [2.24, 2.45) is 34.0 Å². The van der Waals surface area contributed by atoms with Crippen molar-refractivity contribution in [1.82, 2.24) is 0 Å². The van der Waals surface area contributed by atoms with E-state index < -0.39 is 0 Å². The molecule has 5 unspecified atom stereocenters. The second kappa shape index (κ2) is 37.6. The van der Waals surface area contributed by atoms with E-state index in [1.54, 1.807) is 28.8 Å². The Morgan fingerprint density at radius 1 is 0.692 bits per heavy atom. The summed E-state index contributed by atoms with van der Waals surface area (Å²) < 4.78 is 1.74. The van der Waals surface area contributed by atoms with Gasteiger partial charge in [0, 0.05) is 337 Å². The van der Waals surface area contributed by atoms with Gasteiger partial charge in [-0.1, -0.05) is 0 Å². The quantitative estimate of drug-likeness (QED) is 0.352. The van der Waals surface area contributed by atoms with Crippen molar-refractivity contribution < 1.29 is 362 Å². The van der Waals surface area contributed by atoms with Gasteiger partial charge in [-0.05, 0) is 0 Å². The minimum absolute atomic E-state index is 0. The number of rotatable bonds is 0. The van der Waals surface area contributed by atoms with Crippen molar-refractivity contribution in [1.29, 1.82) is 0 Å². The van der Waals surface area contributed by atoms with Crippen LogP contribution >= 0.6 is 0 Å². The van der Waals surface area contributed by atoms with E-state index in [4.69, 9.17) is 0 Å². The van der Waals surface area contributed by atoms with E-state index in [2.05, 4.69) is 33.8 Å². The third kappa shape index (κ3) is 20.0. The van der Waals surface area contributed by atoms with Crippen LogP contribution in [0.4, 0.5) is 0 Å². The number of hydrogen-bond acceptors (Lipinski definition) is 1. The summed E-state index contributed by atoms with van der Waals surface area (Å²) in [6.07, 6.45) is 11.3. The fourth-order valence-electron chi connectivity index (χ4n) is 6.88. The summed E-state index contributed by atoms with van der Waals surface area (Å²) in [7, 11) is 0. The molecule has 0 aliphatic heterocycles. The molecule has 0 aromatic carbocycles. The molecule has 0 aromatic rings. The third-order valence-corrected chi connectivity index (χ3v) is 10.7. The summed E-state index contributed by atoms with van der Waals surface area (Å²) in [6.45, 7) is 9.81. The molecule has 0 aromatic heterocycles. The number of hydrogen-bond donors (Lipinski definition) is 1. The Hall–Kier alpha value is 11.3. The van der Waals surface area contributed by atoms with Gasteiger partial charge in [0.25, 0.3) is 0 Å². The molecular weight excluding hydrogens is 3390 g/mol. The molecule has 1 nitrogen and oxygen atoms in total. The molecular formula is C21H32OW17. The van der Waals surface area contributed by atoms with Gasteiger partial charge in [0.2, 0.25) is 0 Å². The first-order chi connectivity index (χ1) is 10.7. The third-order valence-electron chi connectivity index (χ3n) is 8.26. The molecule has 0 heterocycles. The zero-order valence-corrected chi connectivity index (χ0v) is 71.6. The molecule has 0 saturated heterocycles. The summed E-state index contributed by atoms with van der Waals surface area (Å²) >= 11 is 1.67. The van der Waals surface area contributed by atoms with Crippen LogP contribution < -0.4 is 0 Å². The summed E-state index contributed by atoms with van der Waals surface area (Å²) in [4.78, 5) is 0. The van der Waals surface area contributed by atoms with E-state index >= 15 is 0 Å². The van der Waals surface area contributed by atoms with Crippen LogP contribution in [-0.4, -0.2) is 15.1 Å². The minimum atomic E-state index is -0.0939. The Labute approximate surface area is 478 Å². The van der Waals surface area contributed by atoms with Gasteiger partial charge >= 0.3 is 153 Å². The standard InChI is InChI=1S/C21H32O.17W/c1-19(2)10-11-21(4)14(12-19)7-8-15-16-6-5-9-20(16,3)13-17(22)18(15)21;;;;;;;;;;;;;;;;;/h7,15-18,22H,5-6,8,10-13H2,1-4H3;;;;;;;;;;;;;;;;;/t15?,16?,17-,18?,20?,21?;;;;;;;;;;;;;;;;;/m1................./s1. The number of aliphatic hydroxyl groups excluding tert-OH is 1. The van der Waals surface area contributed by atoms with E-state index in [9.17, 15) is 5.11 Å². The monoisotopic (exact) mass is 3430 g/mol. The molecule has 0 amide bonds. The zero-order valence-electron chi connectivity index (χ0n) is 21.7. The van der Waals surface area contributed by atoms with Crippen LogP contribution in [0.15, 0.2) is 11.6 Å². The van der Waals surface area contributed by atoms with Crippen molar-refractivity contribution in [3.05, 3.63) is 11.6 Å². The second-order valence-corrected chi connectivity index (χ2v) is 11.9. The minimum Gasteiger partial charge on any atom is 0 e. The van der Waals surface area contributed by atoms with Crippen molar-refractivity contribution >= 4 is 3.90 Å². The van der Waals surface area contributed by atoms with Crippen LogP contribution in [-0.2, 0) is 356 Å². The maximum Gasteiger partial charge on any atom is 0 e. The molecule has 39 heavy (non-hydrogen) atoms. The van der Waals surface area contributed by atoms with Crippen LogP contribution in [0.2, 0.25) is 0 Å². The van der Waals surface area contributed by atoms with Crippen molar-refractivity contribution in [2.75, 3.05) is 0 Å². The molecule has 6 atom stereocenters. The van der Waals surface area contributed by atoms with Crippen molar-refractivity contribution in [3.8, 4) is 0 Å². The van der Waals surface area contributed by atoms with Crippen LogP contribution in [0, 0.1) is 34.0 Å². The Kier molecular flexibility index (Phi) is 84.7. The van der Waals surface area contributed by atoms with E-state index in [0.717, 1.165) is 18.3 Å². The fraction of sp³-hybridized carbons (Fsp3) is 0.857. The predicted molar refractivity (Wildman–Crippen MR) is 91.9 cm³/mol. The second-order valence-electron chi connectivity index (χ2n) is 10.2. The summed E-state index contributed by atoms with van der Waals surface area (Å²) in [5, 5.41) is 11.2. The molecule has 4 aliphatic carbocycles. The topological polar surface area (TPSA) is 20.2 Å². The first kappa shape index (κ1) is 87.9. The van der Waals surface area contributed by atoms with Gasteiger partial charge in [0.15, 0.2) is 0 Å². The average molecular weight is 3430 g/mol. The molecule has 18 heteroatoms. The Morgan fingerprint density at radius 2 is 1.13 bits per heavy atom. The SMILES string of the molecule is CC1(C)CCC2(C)C(=CCC3C4CC[C](=[W])C4(C)C[C@@H](O)C32)C1.[W].[W].[W].[W].[W].[W].[W].[W].[W].[W].[W].[W].[W].[W].[W].[W]. The Morgan fingerprint density at radius 3 is 1.56 bits per heavy atom. The molecule has 0 radical (unpaired) electrons. The van der Waals surface area contributed by atoms with E-state index in [0.29, 0.717) is 16.7 Å². The van der Waals surface area contributed by atoms with Gasteiger partial charge in [0.05, 0.1) is 0 Å². The summed E-state index contributed by atoms with van der Waals surface area (Å²) in [5.41, 5.74) is 2.74. The first-order valence-electron chi connectivity index (χ1n) is 9.58. The molecule has 224 valence electrons. The molecule has 3 saturated carbocycles. The molecule has 3 fully saturated rings. The van der Waals surface area contributed by atoms with Crippen LogP contribution in [0.25, 0.3) is 0 Å². The predicted octanol–water partition coefficient (Wildman–Crippen LogP) is 4.63. The van der Waals surface area contributed by atoms with E-state index in [-0.39, 0.29) is 349 Å². The van der Waals surface area contributed by atoms with Crippen molar-refractivity contribution in [3.63, 3.8) is 0 Å². The van der Waals surface area contributed by atoms with Crippen molar-refractivity contribution in [2.45, 2.75) is 78.7 Å². The van der Waals surface area contributed by atoms with Crippen LogP contribution in [0.5, 0.6) is 0 Å². The number of fused-ring (bicyclic) bond motifs is 5. The largest absolute Gasteiger partial charge is 0 e. The van der Waals surface area contributed by atoms with Gasteiger partial charge in [-0.2, -0.15) is 0 Å². The molecule has 0 bridgehead atoms. The average Bonchev–Trinajstić information content (AvgIpc) is 2.75. The smallest absolute Gasteiger partial charge is 0 e. The fourth-order valence-corrected chi connectivity index (χ4v) is 8.15. The normalized spacial score (nSPS) is 30.4. The van der Waals surface area contributed by atoms with Gasteiger partial charge in [-0.15, -0.1) is 0 Å². The van der Waals surface area contributed by atoms with E-state index in [1.807, 2.05) is 0 Å². The van der Waals surface area contributed by atoms with Crippen LogP contribution in [0.3, 0.4) is 0 Å². The summed E-state index contributed by atoms with van der Waals surface area (Å²) in [5.74, 6) is 2.06. The van der Waals surface area contributed by atoms with Gasteiger partial charge in [-0.3, -0.25) is 0 Å². The van der Waals surface area contributed by atoms with E-state index in [1.165, 1.54) is 38.5 Å². The summed E-state index contributed by atoms with van der Waals surface area (Å²) in [6, 6.07) is 0. The maximum atomic E-state index is 11.2. The number of aliphatic hydroxyl groups is 1.